The summed E-state index contributed by atoms with van der Waals surface area (Å²) in [5.41, 5.74) is 2.08. The van der Waals surface area contributed by atoms with Crippen LogP contribution in [0, 0.1) is 18.6 Å². The molecule has 0 saturated carbocycles. The minimum Gasteiger partial charge on any atom is -0.316 e. The van der Waals surface area contributed by atoms with E-state index in [0.29, 0.717) is 6.54 Å². The fraction of sp³-hybridized carbons (Fsp3) is 0.250. The molecule has 0 atom stereocenters. The zero-order valence-electron chi connectivity index (χ0n) is 9.67. The third-order valence-electron chi connectivity index (χ3n) is 2.62. The van der Waals surface area contributed by atoms with Crippen LogP contribution in [-0.4, -0.2) is 16.8 Å². The van der Waals surface area contributed by atoms with Gasteiger partial charge in [-0.05, 0) is 26.1 Å². The summed E-state index contributed by atoms with van der Waals surface area (Å²) < 4.78 is 27.9. The minimum absolute atomic E-state index is 0.256. The van der Waals surface area contributed by atoms with Gasteiger partial charge in [-0.25, -0.2) is 13.5 Å². The SMILES string of the molecule is CNCc1cnn(-c2ccc(F)cc2F)c1C. The predicted molar refractivity (Wildman–Crippen MR) is 61.0 cm³/mol. The van der Waals surface area contributed by atoms with Gasteiger partial charge in [0, 0.05) is 23.9 Å². The summed E-state index contributed by atoms with van der Waals surface area (Å²) in [6.45, 7) is 2.51. The molecule has 0 radical (unpaired) electrons. The number of benzene rings is 1. The molecule has 0 aliphatic rings. The molecule has 0 aliphatic heterocycles. The van der Waals surface area contributed by atoms with Gasteiger partial charge in [-0.1, -0.05) is 0 Å². The van der Waals surface area contributed by atoms with Gasteiger partial charge in [0.2, 0.25) is 0 Å². The highest BCUT2D eigenvalue weighted by molar-refractivity contribution is 5.36. The van der Waals surface area contributed by atoms with Crippen molar-refractivity contribution in [2.75, 3.05) is 7.05 Å². The molecule has 1 N–H and O–H groups in total. The highest BCUT2D eigenvalue weighted by Gasteiger charge is 2.11. The lowest BCUT2D eigenvalue weighted by molar-refractivity contribution is 0.572. The largest absolute Gasteiger partial charge is 0.316 e. The third kappa shape index (κ3) is 2.19. The fourth-order valence-electron chi connectivity index (χ4n) is 1.70. The normalized spacial score (nSPS) is 10.8. The molecule has 1 heterocycles. The molecule has 0 bridgehead atoms. The molecule has 0 saturated heterocycles. The second-order valence-electron chi connectivity index (χ2n) is 3.79. The number of nitrogens with zero attached hydrogens (tertiary/aromatic N) is 2. The van der Waals surface area contributed by atoms with Crippen molar-refractivity contribution in [1.82, 2.24) is 15.1 Å². The Kier molecular flexibility index (Phi) is 3.19. The highest BCUT2D eigenvalue weighted by Crippen LogP contribution is 2.18. The molecule has 2 rings (SSSR count). The number of halogens is 2. The van der Waals surface area contributed by atoms with E-state index in [1.165, 1.54) is 16.8 Å². The minimum atomic E-state index is -0.618. The van der Waals surface area contributed by atoms with E-state index in [9.17, 15) is 8.78 Å². The average Bonchev–Trinajstić information content (AvgIpc) is 2.62. The third-order valence-corrected chi connectivity index (χ3v) is 2.62. The molecule has 0 aliphatic carbocycles. The van der Waals surface area contributed by atoms with Gasteiger partial charge in [0.15, 0.2) is 5.82 Å². The molecule has 0 fully saturated rings. The molecule has 0 spiro atoms. The van der Waals surface area contributed by atoms with E-state index < -0.39 is 11.6 Å². The van der Waals surface area contributed by atoms with E-state index in [-0.39, 0.29) is 5.69 Å². The van der Waals surface area contributed by atoms with Crippen LogP contribution in [-0.2, 0) is 6.54 Å². The second kappa shape index (κ2) is 4.63. The Labute approximate surface area is 98.1 Å². The predicted octanol–water partition coefficient (Wildman–Crippen LogP) is 2.18. The van der Waals surface area contributed by atoms with Crippen LogP contribution >= 0.6 is 0 Å². The Balaban J connectivity index is 2.46. The molecule has 1 aromatic carbocycles. The van der Waals surface area contributed by atoms with E-state index in [2.05, 4.69) is 10.4 Å². The number of hydrogen-bond acceptors (Lipinski definition) is 2. The first-order valence-electron chi connectivity index (χ1n) is 5.27. The quantitative estimate of drug-likeness (QED) is 0.886. The Bertz CT molecular complexity index is 535. The molecule has 0 amide bonds. The number of nitrogens with one attached hydrogen (secondary N) is 1. The maximum Gasteiger partial charge on any atom is 0.151 e. The Morgan fingerprint density at radius 1 is 1.35 bits per heavy atom. The second-order valence-corrected chi connectivity index (χ2v) is 3.79. The van der Waals surface area contributed by atoms with Gasteiger partial charge in [-0.3, -0.25) is 0 Å². The van der Waals surface area contributed by atoms with E-state index in [0.717, 1.165) is 17.3 Å². The van der Waals surface area contributed by atoms with Crippen molar-refractivity contribution < 1.29 is 8.78 Å². The van der Waals surface area contributed by atoms with Crippen molar-refractivity contribution in [1.29, 1.82) is 0 Å². The van der Waals surface area contributed by atoms with Gasteiger partial charge in [0.25, 0.3) is 0 Å². The molecule has 5 heteroatoms. The first kappa shape index (κ1) is 11.7. The maximum absolute atomic E-state index is 13.6. The average molecular weight is 237 g/mol. The summed E-state index contributed by atoms with van der Waals surface area (Å²) in [7, 11) is 1.83. The van der Waals surface area contributed by atoms with Crippen molar-refractivity contribution in [2.24, 2.45) is 0 Å². The molecule has 3 nitrogen and oxygen atoms in total. The Hall–Kier alpha value is -1.75. The molecule has 90 valence electrons. The van der Waals surface area contributed by atoms with Crippen LogP contribution < -0.4 is 5.32 Å². The van der Waals surface area contributed by atoms with Gasteiger partial charge in [-0.2, -0.15) is 5.10 Å². The van der Waals surface area contributed by atoms with Gasteiger partial charge < -0.3 is 5.32 Å². The van der Waals surface area contributed by atoms with E-state index in [4.69, 9.17) is 0 Å². The molecule has 0 unspecified atom stereocenters. The summed E-state index contributed by atoms with van der Waals surface area (Å²) in [5, 5.41) is 7.12. The lowest BCUT2D eigenvalue weighted by Crippen LogP contribution is -2.07. The van der Waals surface area contributed by atoms with Crippen molar-refractivity contribution in [2.45, 2.75) is 13.5 Å². The van der Waals surface area contributed by atoms with Crippen molar-refractivity contribution >= 4 is 0 Å². The first-order valence-corrected chi connectivity index (χ1v) is 5.27. The smallest absolute Gasteiger partial charge is 0.151 e. The van der Waals surface area contributed by atoms with Crippen LogP contribution in [0.2, 0.25) is 0 Å². The van der Waals surface area contributed by atoms with Crippen LogP contribution in [0.3, 0.4) is 0 Å². The zero-order chi connectivity index (χ0) is 12.4. The lowest BCUT2D eigenvalue weighted by atomic mass is 10.2. The van der Waals surface area contributed by atoms with E-state index >= 15 is 0 Å². The number of rotatable bonds is 3. The van der Waals surface area contributed by atoms with Crippen LogP contribution in [0.1, 0.15) is 11.3 Å². The summed E-state index contributed by atoms with van der Waals surface area (Å²) in [5.74, 6) is -1.21. The fourth-order valence-corrected chi connectivity index (χ4v) is 1.70. The molecular formula is C12H13F2N3. The Morgan fingerprint density at radius 2 is 2.12 bits per heavy atom. The molecule has 2 aromatic rings. The topological polar surface area (TPSA) is 29.9 Å². The van der Waals surface area contributed by atoms with Gasteiger partial charge in [0.05, 0.1) is 6.20 Å². The maximum atomic E-state index is 13.6. The van der Waals surface area contributed by atoms with Crippen LogP contribution in [0.5, 0.6) is 0 Å². The van der Waals surface area contributed by atoms with E-state index in [1.807, 2.05) is 14.0 Å². The molecule has 1 aromatic heterocycles. The highest BCUT2D eigenvalue weighted by atomic mass is 19.1. The van der Waals surface area contributed by atoms with Gasteiger partial charge >= 0.3 is 0 Å². The van der Waals surface area contributed by atoms with Crippen LogP contribution in [0.4, 0.5) is 8.78 Å². The number of hydrogen-bond donors (Lipinski definition) is 1. The summed E-state index contributed by atoms with van der Waals surface area (Å²) in [6, 6.07) is 3.46. The van der Waals surface area contributed by atoms with Gasteiger partial charge in [0.1, 0.15) is 11.5 Å². The monoisotopic (exact) mass is 237 g/mol. The summed E-state index contributed by atoms with van der Waals surface area (Å²) in [4.78, 5) is 0. The first-order chi connectivity index (χ1) is 8.13. The van der Waals surface area contributed by atoms with Crippen molar-refractivity contribution in [3.05, 3.63) is 47.3 Å². The molecular weight excluding hydrogens is 224 g/mol. The van der Waals surface area contributed by atoms with Crippen LogP contribution in [0.25, 0.3) is 5.69 Å². The van der Waals surface area contributed by atoms with Crippen LogP contribution in [0.15, 0.2) is 24.4 Å². The lowest BCUT2D eigenvalue weighted by Gasteiger charge is -2.06. The number of aromatic nitrogens is 2. The van der Waals surface area contributed by atoms with Crippen molar-refractivity contribution in [3.63, 3.8) is 0 Å². The van der Waals surface area contributed by atoms with E-state index in [1.54, 1.807) is 6.20 Å². The Morgan fingerprint density at radius 3 is 2.76 bits per heavy atom. The zero-order valence-corrected chi connectivity index (χ0v) is 9.67. The standard InChI is InChI=1S/C12H13F2N3/c1-8-9(6-15-2)7-16-17(8)12-4-3-10(13)5-11(12)14/h3-5,7,15H,6H2,1-2H3. The summed E-state index contributed by atoms with van der Waals surface area (Å²) >= 11 is 0. The van der Waals surface area contributed by atoms with Crippen molar-refractivity contribution in [3.8, 4) is 5.69 Å². The summed E-state index contributed by atoms with van der Waals surface area (Å²) in [6.07, 6.45) is 1.68. The molecule has 17 heavy (non-hydrogen) atoms. The van der Waals surface area contributed by atoms with Gasteiger partial charge in [-0.15, -0.1) is 0 Å².